The van der Waals surface area contributed by atoms with Crippen molar-refractivity contribution >= 4 is 11.6 Å². The molecule has 1 unspecified atom stereocenters. The van der Waals surface area contributed by atoms with Crippen molar-refractivity contribution in [1.29, 1.82) is 0 Å². The summed E-state index contributed by atoms with van der Waals surface area (Å²) in [5.41, 5.74) is 2.47. The molecule has 0 fully saturated rings. The number of halogens is 1. The lowest BCUT2D eigenvalue weighted by Gasteiger charge is -2.17. The number of pyridine rings is 1. The SMILES string of the molecule is CCC(NCc1cccnc1)c1ccc(Cl)cc1. The molecule has 0 aliphatic rings. The fraction of sp³-hybridized carbons (Fsp3) is 0.267. The van der Waals surface area contributed by atoms with E-state index in [1.54, 1.807) is 6.20 Å². The summed E-state index contributed by atoms with van der Waals surface area (Å²) in [6.07, 6.45) is 4.73. The Bertz CT molecular complexity index is 468. The van der Waals surface area contributed by atoms with Crippen LogP contribution in [0.15, 0.2) is 48.8 Å². The number of nitrogens with one attached hydrogen (secondary N) is 1. The summed E-state index contributed by atoms with van der Waals surface area (Å²) in [6.45, 7) is 3.00. The summed E-state index contributed by atoms with van der Waals surface area (Å²) in [5, 5.41) is 4.32. The maximum atomic E-state index is 5.90. The van der Waals surface area contributed by atoms with Crippen molar-refractivity contribution in [2.24, 2.45) is 0 Å². The summed E-state index contributed by atoms with van der Waals surface area (Å²) in [6, 6.07) is 12.4. The molecule has 2 aromatic rings. The quantitative estimate of drug-likeness (QED) is 0.880. The summed E-state index contributed by atoms with van der Waals surface area (Å²) in [5.74, 6) is 0. The van der Waals surface area contributed by atoms with Crippen LogP contribution in [0.1, 0.15) is 30.5 Å². The largest absolute Gasteiger partial charge is 0.306 e. The Hall–Kier alpha value is -1.38. The Morgan fingerprint density at radius 3 is 2.61 bits per heavy atom. The molecule has 0 spiro atoms. The van der Waals surface area contributed by atoms with Crippen molar-refractivity contribution in [3.05, 3.63) is 64.9 Å². The van der Waals surface area contributed by atoms with E-state index < -0.39 is 0 Å². The fourth-order valence-corrected chi connectivity index (χ4v) is 2.06. The third kappa shape index (κ3) is 3.56. The molecule has 94 valence electrons. The van der Waals surface area contributed by atoms with E-state index in [1.165, 1.54) is 11.1 Å². The van der Waals surface area contributed by atoms with E-state index in [1.807, 2.05) is 24.4 Å². The molecule has 0 aliphatic heterocycles. The molecule has 2 rings (SSSR count). The van der Waals surface area contributed by atoms with Gasteiger partial charge in [0.2, 0.25) is 0 Å². The molecule has 0 saturated carbocycles. The van der Waals surface area contributed by atoms with Gasteiger partial charge in [-0.2, -0.15) is 0 Å². The fourth-order valence-electron chi connectivity index (χ4n) is 1.94. The molecule has 1 heterocycles. The first-order valence-electron chi connectivity index (χ1n) is 6.17. The van der Waals surface area contributed by atoms with E-state index in [0.29, 0.717) is 6.04 Å². The predicted molar refractivity (Wildman–Crippen MR) is 75.6 cm³/mol. The summed E-state index contributed by atoms with van der Waals surface area (Å²) < 4.78 is 0. The zero-order valence-electron chi connectivity index (χ0n) is 10.4. The van der Waals surface area contributed by atoms with E-state index in [-0.39, 0.29) is 0 Å². The second-order valence-electron chi connectivity index (χ2n) is 4.25. The van der Waals surface area contributed by atoms with Crippen LogP contribution in [-0.4, -0.2) is 4.98 Å². The second kappa shape index (κ2) is 6.53. The lowest BCUT2D eigenvalue weighted by atomic mass is 10.0. The van der Waals surface area contributed by atoms with Gasteiger partial charge >= 0.3 is 0 Å². The van der Waals surface area contributed by atoms with Gasteiger partial charge in [-0.05, 0) is 35.7 Å². The Morgan fingerprint density at radius 1 is 1.22 bits per heavy atom. The Morgan fingerprint density at radius 2 is 2.00 bits per heavy atom. The number of nitrogens with zero attached hydrogens (tertiary/aromatic N) is 1. The minimum Gasteiger partial charge on any atom is -0.306 e. The number of hydrogen-bond acceptors (Lipinski definition) is 2. The highest BCUT2D eigenvalue weighted by Gasteiger charge is 2.08. The standard InChI is InChI=1S/C15H17ClN2/c1-2-15(13-5-7-14(16)8-6-13)18-11-12-4-3-9-17-10-12/h3-10,15,18H,2,11H2,1H3. The van der Waals surface area contributed by atoms with Gasteiger partial charge in [-0.1, -0.05) is 36.7 Å². The monoisotopic (exact) mass is 260 g/mol. The number of hydrogen-bond donors (Lipinski definition) is 1. The average Bonchev–Trinajstić information content (AvgIpc) is 2.42. The lowest BCUT2D eigenvalue weighted by Crippen LogP contribution is -2.20. The van der Waals surface area contributed by atoms with Gasteiger partial charge in [-0.25, -0.2) is 0 Å². The maximum absolute atomic E-state index is 5.90. The van der Waals surface area contributed by atoms with E-state index in [4.69, 9.17) is 11.6 Å². The smallest absolute Gasteiger partial charge is 0.0406 e. The topological polar surface area (TPSA) is 24.9 Å². The van der Waals surface area contributed by atoms with Crippen molar-refractivity contribution in [3.8, 4) is 0 Å². The van der Waals surface area contributed by atoms with Crippen LogP contribution in [0.3, 0.4) is 0 Å². The molecule has 2 nitrogen and oxygen atoms in total. The molecule has 0 aliphatic carbocycles. The zero-order valence-corrected chi connectivity index (χ0v) is 11.2. The molecule has 0 saturated heterocycles. The highest BCUT2D eigenvalue weighted by molar-refractivity contribution is 6.30. The van der Waals surface area contributed by atoms with Crippen molar-refractivity contribution in [2.45, 2.75) is 25.9 Å². The average molecular weight is 261 g/mol. The number of benzene rings is 1. The van der Waals surface area contributed by atoms with Crippen LogP contribution in [0, 0.1) is 0 Å². The summed E-state index contributed by atoms with van der Waals surface area (Å²) in [4.78, 5) is 4.12. The molecule has 1 aromatic heterocycles. The minimum atomic E-state index is 0.350. The van der Waals surface area contributed by atoms with Crippen LogP contribution in [0.4, 0.5) is 0 Å². The number of rotatable bonds is 5. The number of aromatic nitrogens is 1. The molecule has 0 amide bonds. The molecule has 3 heteroatoms. The molecule has 0 radical (unpaired) electrons. The lowest BCUT2D eigenvalue weighted by molar-refractivity contribution is 0.518. The van der Waals surface area contributed by atoms with Crippen LogP contribution in [0.5, 0.6) is 0 Å². The highest BCUT2D eigenvalue weighted by Crippen LogP contribution is 2.19. The van der Waals surface area contributed by atoms with Gasteiger partial charge in [-0.15, -0.1) is 0 Å². The summed E-state index contributed by atoms with van der Waals surface area (Å²) >= 11 is 5.90. The van der Waals surface area contributed by atoms with Crippen LogP contribution in [-0.2, 0) is 6.54 Å². The summed E-state index contributed by atoms with van der Waals surface area (Å²) in [7, 11) is 0. The first-order chi connectivity index (χ1) is 8.79. The van der Waals surface area contributed by atoms with Crippen LogP contribution < -0.4 is 5.32 Å². The van der Waals surface area contributed by atoms with Gasteiger partial charge in [-0.3, -0.25) is 4.98 Å². The van der Waals surface area contributed by atoms with E-state index in [0.717, 1.165) is 18.0 Å². The van der Waals surface area contributed by atoms with Gasteiger partial charge in [0.15, 0.2) is 0 Å². The Balaban J connectivity index is 1.99. The Kier molecular flexibility index (Phi) is 4.73. The predicted octanol–water partition coefficient (Wildman–Crippen LogP) is 3.98. The molecular formula is C15H17ClN2. The normalized spacial score (nSPS) is 12.3. The van der Waals surface area contributed by atoms with Crippen molar-refractivity contribution in [3.63, 3.8) is 0 Å². The second-order valence-corrected chi connectivity index (χ2v) is 4.69. The van der Waals surface area contributed by atoms with Crippen molar-refractivity contribution in [1.82, 2.24) is 10.3 Å². The molecule has 18 heavy (non-hydrogen) atoms. The van der Waals surface area contributed by atoms with Crippen molar-refractivity contribution in [2.75, 3.05) is 0 Å². The van der Waals surface area contributed by atoms with E-state index >= 15 is 0 Å². The van der Waals surface area contributed by atoms with Gasteiger partial charge in [0.1, 0.15) is 0 Å². The molecule has 1 atom stereocenters. The van der Waals surface area contributed by atoms with E-state index in [2.05, 4.69) is 35.4 Å². The van der Waals surface area contributed by atoms with Crippen LogP contribution >= 0.6 is 11.6 Å². The van der Waals surface area contributed by atoms with E-state index in [9.17, 15) is 0 Å². The van der Waals surface area contributed by atoms with Gasteiger partial charge in [0.05, 0.1) is 0 Å². The Labute approximate surface area is 113 Å². The first-order valence-corrected chi connectivity index (χ1v) is 6.55. The van der Waals surface area contributed by atoms with Crippen molar-refractivity contribution < 1.29 is 0 Å². The molecule has 0 bridgehead atoms. The molecular weight excluding hydrogens is 244 g/mol. The van der Waals surface area contributed by atoms with Crippen LogP contribution in [0.25, 0.3) is 0 Å². The van der Waals surface area contributed by atoms with Gasteiger partial charge in [0, 0.05) is 30.0 Å². The first kappa shape index (κ1) is 13.1. The zero-order chi connectivity index (χ0) is 12.8. The van der Waals surface area contributed by atoms with Gasteiger partial charge < -0.3 is 5.32 Å². The molecule has 1 N–H and O–H groups in total. The minimum absolute atomic E-state index is 0.350. The van der Waals surface area contributed by atoms with Crippen LogP contribution in [0.2, 0.25) is 5.02 Å². The molecule has 1 aromatic carbocycles. The van der Waals surface area contributed by atoms with Gasteiger partial charge in [0.25, 0.3) is 0 Å². The highest BCUT2D eigenvalue weighted by atomic mass is 35.5. The third-order valence-electron chi connectivity index (χ3n) is 2.96. The maximum Gasteiger partial charge on any atom is 0.0406 e. The third-order valence-corrected chi connectivity index (χ3v) is 3.21.